The van der Waals surface area contributed by atoms with Gasteiger partial charge in [0.2, 0.25) is 27.7 Å². The molecule has 3 N–H and O–H groups in total. The molecule has 1 aromatic heterocycles. The molecule has 304 valence electrons. The Hall–Kier alpha value is -4.77. The largest absolute Gasteiger partial charge is 0.494 e. The van der Waals surface area contributed by atoms with E-state index >= 15 is 0 Å². The molecule has 0 bridgehead atoms. The number of nitrogens with zero attached hydrogens (tertiary/aromatic N) is 2. The Morgan fingerprint density at radius 3 is 2.54 bits per heavy atom. The van der Waals surface area contributed by atoms with Gasteiger partial charge in [-0.25, -0.2) is 22.6 Å². The van der Waals surface area contributed by atoms with E-state index in [2.05, 4.69) is 26.9 Å². The van der Waals surface area contributed by atoms with Crippen LogP contribution in [0.25, 0.3) is 10.8 Å². The third-order valence-electron chi connectivity index (χ3n) is 11.3. The molecule has 0 unspecified atom stereocenters. The van der Waals surface area contributed by atoms with Crippen molar-refractivity contribution in [3.63, 3.8) is 0 Å². The Morgan fingerprint density at radius 1 is 1.12 bits per heavy atom. The van der Waals surface area contributed by atoms with Gasteiger partial charge < -0.3 is 34.5 Å². The number of alkyl halides is 1. The number of halogens is 1. The highest BCUT2D eigenvalue weighted by Crippen LogP contribution is 2.48. The fraction of sp³-hybridized carbons (Fsp3) is 0.564. The van der Waals surface area contributed by atoms with Crippen molar-refractivity contribution in [3.8, 4) is 11.6 Å². The summed E-state index contributed by atoms with van der Waals surface area (Å²) in [6, 6.07) is 4.94. The van der Waals surface area contributed by atoms with Crippen LogP contribution in [-0.2, 0) is 33.9 Å². The van der Waals surface area contributed by atoms with E-state index in [-0.39, 0.29) is 56.4 Å². The van der Waals surface area contributed by atoms with Gasteiger partial charge in [0, 0.05) is 30.2 Å². The Bertz CT molecular complexity index is 2010. The number of benzene rings is 1. The number of amides is 4. The van der Waals surface area contributed by atoms with Crippen LogP contribution in [-0.4, -0.2) is 105 Å². The first-order chi connectivity index (χ1) is 26.7. The fourth-order valence-electron chi connectivity index (χ4n) is 7.78. The zero-order valence-corrected chi connectivity index (χ0v) is 32.9. The summed E-state index contributed by atoms with van der Waals surface area (Å²) in [6.07, 6.45) is 5.54. The standard InChI is InChI=1S/C39H50FN5O10S/c1-23-10-6-7-11-26-18-39(26,36(48)44-56(50,51)38(22-40)14-15-38)43-33(46)30-17-27(55-34-29-13-9-8-12-28(29)31(53-5)19-41-34)20-45(30)35(47)32(24(2)16-23)42-37(49)54-25(3)21-52-4/h7-9,11-13,19,23-24,26-27,30,32H,3,6,10,14-18,20-22H2,1-2,4-5H3,(H,42,49)(H,43,46)(H,44,48)/b11-7-/t23-,24+,26+,27+,30-,32-,39+/m0/s1. The molecule has 15 nitrogen and oxygen atoms in total. The average Bonchev–Trinajstić information content (AvgIpc) is 4.06. The average molecular weight is 800 g/mol. The lowest BCUT2D eigenvalue weighted by Gasteiger charge is -2.32. The van der Waals surface area contributed by atoms with Gasteiger partial charge in [-0.05, 0) is 56.4 Å². The second-order valence-corrected chi connectivity index (χ2v) is 17.6. The van der Waals surface area contributed by atoms with E-state index in [4.69, 9.17) is 18.9 Å². The van der Waals surface area contributed by atoms with Gasteiger partial charge in [0.25, 0.3) is 5.91 Å². The highest BCUT2D eigenvalue weighted by molar-refractivity contribution is 7.91. The Balaban J connectivity index is 1.34. The molecular weight excluding hydrogens is 750 g/mol. The van der Waals surface area contributed by atoms with Gasteiger partial charge in [-0.15, -0.1) is 0 Å². The van der Waals surface area contributed by atoms with Gasteiger partial charge in [-0.3, -0.25) is 19.1 Å². The van der Waals surface area contributed by atoms with Gasteiger partial charge in [0.05, 0.1) is 19.9 Å². The number of allylic oxidation sites excluding steroid dienone is 1. The van der Waals surface area contributed by atoms with E-state index in [1.54, 1.807) is 6.08 Å². The molecule has 1 saturated heterocycles. The van der Waals surface area contributed by atoms with Crippen LogP contribution in [0.5, 0.6) is 11.6 Å². The van der Waals surface area contributed by atoms with Crippen LogP contribution in [0, 0.1) is 17.8 Å². The highest BCUT2D eigenvalue weighted by Gasteiger charge is 2.64. The van der Waals surface area contributed by atoms with Gasteiger partial charge >= 0.3 is 6.09 Å². The first-order valence-electron chi connectivity index (χ1n) is 18.8. The van der Waals surface area contributed by atoms with Gasteiger partial charge in [0.1, 0.15) is 53.3 Å². The molecular formula is C39H50FN5O10S. The van der Waals surface area contributed by atoms with E-state index in [0.717, 1.165) is 5.39 Å². The zero-order valence-electron chi connectivity index (χ0n) is 32.0. The van der Waals surface area contributed by atoms with Gasteiger partial charge in [-0.2, -0.15) is 0 Å². The summed E-state index contributed by atoms with van der Waals surface area (Å²) < 4.78 is 62.8. The van der Waals surface area contributed by atoms with Crippen molar-refractivity contribution in [1.29, 1.82) is 0 Å². The van der Waals surface area contributed by atoms with Crippen LogP contribution in [0.1, 0.15) is 58.8 Å². The van der Waals surface area contributed by atoms with E-state index in [1.165, 1.54) is 25.3 Å². The molecule has 3 fully saturated rings. The van der Waals surface area contributed by atoms with Crippen molar-refractivity contribution in [2.24, 2.45) is 17.8 Å². The molecule has 2 aromatic rings. The highest BCUT2D eigenvalue weighted by atomic mass is 32.2. The van der Waals surface area contributed by atoms with E-state index in [0.29, 0.717) is 30.4 Å². The van der Waals surface area contributed by atoms with Crippen molar-refractivity contribution >= 4 is 44.6 Å². The SMILES string of the molecule is C=C(COC)OC(=O)N[C@@H]1C(=O)N2C[C@H](Oc3ncc(OC)c4ccccc34)C[C@H]2C(=O)N[C@]2(C(=O)NS(=O)(=O)C3(CF)CC3)C[C@H]2/C=C\CC[C@H](C)C[C@H]1C. The number of carbonyl (C=O) groups excluding carboxylic acids is 4. The molecule has 2 saturated carbocycles. The molecule has 2 aliphatic heterocycles. The maximum absolute atomic E-state index is 14.7. The summed E-state index contributed by atoms with van der Waals surface area (Å²) in [5, 5.41) is 6.88. The summed E-state index contributed by atoms with van der Waals surface area (Å²) in [7, 11) is -1.45. The summed E-state index contributed by atoms with van der Waals surface area (Å²) >= 11 is 0. The molecule has 4 aliphatic rings. The smallest absolute Gasteiger partial charge is 0.413 e. The number of alkyl carbamates (subject to hydrolysis) is 1. The number of aromatic nitrogens is 1. The predicted molar refractivity (Wildman–Crippen MR) is 203 cm³/mol. The zero-order chi connectivity index (χ0) is 40.4. The third-order valence-corrected chi connectivity index (χ3v) is 13.4. The van der Waals surface area contributed by atoms with Crippen LogP contribution in [0.15, 0.2) is 55.0 Å². The Kier molecular flexibility index (Phi) is 12.0. The first-order valence-corrected chi connectivity index (χ1v) is 20.3. The molecule has 6 rings (SSSR count). The van der Waals surface area contributed by atoms with E-state index in [9.17, 15) is 32.0 Å². The van der Waals surface area contributed by atoms with Crippen molar-refractivity contribution < 1.29 is 50.9 Å². The second-order valence-electron chi connectivity index (χ2n) is 15.5. The number of methoxy groups -OCH3 is 2. The lowest BCUT2D eigenvalue weighted by molar-refractivity contribution is -0.142. The summed E-state index contributed by atoms with van der Waals surface area (Å²) in [5.41, 5.74) is -1.67. The third kappa shape index (κ3) is 8.33. The first kappa shape index (κ1) is 40.9. The van der Waals surface area contributed by atoms with Crippen molar-refractivity contribution in [3.05, 3.63) is 55.0 Å². The summed E-state index contributed by atoms with van der Waals surface area (Å²) in [5.74, 6) is -2.38. The van der Waals surface area contributed by atoms with Crippen LogP contribution in [0.2, 0.25) is 0 Å². The second kappa shape index (κ2) is 16.4. The fourth-order valence-corrected chi connectivity index (χ4v) is 9.21. The number of ether oxygens (including phenoxy) is 4. The van der Waals surface area contributed by atoms with E-state index < -0.39 is 80.8 Å². The van der Waals surface area contributed by atoms with Crippen molar-refractivity contribution in [1.82, 2.24) is 25.2 Å². The summed E-state index contributed by atoms with van der Waals surface area (Å²) in [6.45, 7) is 6.25. The molecule has 4 amide bonds. The minimum atomic E-state index is -4.40. The molecule has 3 heterocycles. The van der Waals surface area contributed by atoms with Crippen LogP contribution >= 0.6 is 0 Å². The number of hydrogen-bond donors (Lipinski definition) is 3. The van der Waals surface area contributed by atoms with Gasteiger partial charge in [-0.1, -0.05) is 50.8 Å². The minimum absolute atomic E-state index is 0.0252. The summed E-state index contributed by atoms with van der Waals surface area (Å²) in [4.78, 5) is 62.0. The maximum atomic E-state index is 14.7. The molecule has 0 spiro atoms. The molecule has 7 atom stereocenters. The molecule has 1 aromatic carbocycles. The lowest BCUT2D eigenvalue weighted by atomic mass is 9.88. The Labute approximate surface area is 325 Å². The van der Waals surface area contributed by atoms with Crippen molar-refractivity contribution in [2.75, 3.05) is 34.0 Å². The number of nitrogens with one attached hydrogen (secondary N) is 3. The van der Waals surface area contributed by atoms with Crippen LogP contribution in [0.3, 0.4) is 0 Å². The number of rotatable bonds is 11. The van der Waals surface area contributed by atoms with Gasteiger partial charge in [0.15, 0.2) is 0 Å². The topological polar surface area (TPSA) is 192 Å². The molecule has 56 heavy (non-hydrogen) atoms. The minimum Gasteiger partial charge on any atom is -0.494 e. The molecule has 2 aliphatic carbocycles. The number of carbonyl (C=O) groups is 4. The number of pyridine rings is 1. The van der Waals surface area contributed by atoms with E-state index in [1.807, 2.05) is 44.2 Å². The maximum Gasteiger partial charge on any atom is 0.413 e. The Morgan fingerprint density at radius 2 is 1.86 bits per heavy atom. The molecule has 0 radical (unpaired) electrons. The quantitative estimate of drug-likeness (QED) is 0.222. The predicted octanol–water partition coefficient (Wildman–Crippen LogP) is 3.68. The number of hydrogen-bond acceptors (Lipinski definition) is 11. The lowest BCUT2D eigenvalue weighted by Crippen LogP contribution is -2.59. The van der Waals surface area contributed by atoms with Crippen LogP contribution in [0.4, 0.5) is 9.18 Å². The monoisotopic (exact) mass is 799 g/mol. The molecule has 17 heteroatoms. The number of fused-ring (bicyclic) bond motifs is 3. The normalized spacial score (nSPS) is 29.3. The number of sulfonamides is 1. The van der Waals surface area contributed by atoms with Crippen LogP contribution < -0.4 is 24.8 Å². The van der Waals surface area contributed by atoms with Crippen molar-refractivity contribution in [2.45, 2.75) is 87.3 Å².